The van der Waals surface area contributed by atoms with Gasteiger partial charge in [0.25, 0.3) is 0 Å². The van der Waals surface area contributed by atoms with Gasteiger partial charge in [-0.05, 0) is 35.2 Å². The zero-order valence-electron chi connectivity index (χ0n) is 12.0. The minimum atomic E-state index is 0.951. The van der Waals surface area contributed by atoms with E-state index in [0.717, 1.165) is 27.5 Å². The summed E-state index contributed by atoms with van der Waals surface area (Å²) in [6.45, 7) is 0. The molecular formula is C20H14N2. The van der Waals surface area contributed by atoms with Crippen LogP contribution in [-0.2, 0) is 0 Å². The molecule has 4 aromatic rings. The maximum atomic E-state index is 4.48. The molecule has 0 spiro atoms. The third-order valence-corrected chi connectivity index (χ3v) is 3.71. The van der Waals surface area contributed by atoms with Gasteiger partial charge in [-0.2, -0.15) is 0 Å². The lowest BCUT2D eigenvalue weighted by Crippen LogP contribution is -1.82. The predicted octanol–water partition coefficient (Wildman–Crippen LogP) is 4.95. The number of fused-ring (bicyclic) bond motifs is 2. The molecule has 0 aliphatic carbocycles. The quantitative estimate of drug-likeness (QED) is 0.519. The fourth-order valence-corrected chi connectivity index (χ4v) is 2.55. The summed E-state index contributed by atoms with van der Waals surface area (Å²) < 4.78 is 0. The highest BCUT2D eigenvalue weighted by molar-refractivity contribution is 5.85. The van der Waals surface area contributed by atoms with Crippen molar-refractivity contribution in [1.82, 2.24) is 9.97 Å². The minimum absolute atomic E-state index is 0.951. The van der Waals surface area contributed by atoms with Crippen molar-refractivity contribution >= 4 is 33.8 Å². The second kappa shape index (κ2) is 5.41. The number of benzene rings is 2. The molecule has 2 nitrogen and oxygen atoms in total. The molecule has 2 aromatic heterocycles. The van der Waals surface area contributed by atoms with Crippen LogP contribution in [0.2, 0.25) is 0 Å². The van der Waals surface area contributed by atoms with Crippen LogP contribution in [0.25, 0.3) is 33.8 Å². The summed E-state index contributed by atoms with van der Waals surface area (Å²) in [6.07, 6.45) is 7.88. The van der Waals surface area contributed by atoms with Gasteiger partial charge in [-0.25, -0.2) is 0 Å². The van der Waals surface area contributed by atoms with E-state index in [1.54, 1.807) is 0 Å². The van der Waals surface area contributed by atoms with Crippen molar-refractivity contribution in [1.29, 1.82) is 0 Å². The minimum Gasteiger partial charge on any atom is -0.256 e. The van der Waals surface area contributed by atoms with E-state index in [9.17, 15) is 0 Å². The summed E-state index contributed by atoms with van der Waals surface area (Å²) in [7, 11) is 0. The van der Waals surface area contributed by atoms with Gasteiger partial charge in [0.2, 0.25) is 0 Å². The third-order valence-electron chi connectivity index (χ3n) is 3.71. The van der Waals surface area contributed by atoms with Gasteiger partial charge < -0.3 is 0 Å². The molecule has 104 valence electrons. The van der Waals surface area contributed by atoms with Crippen LogP contribution in [0.15, 0.2) is 73.1 Å². The number of pyridine rings is 2. The Morgan fingerprint density at radius 1 is 0.636 bits per heavy atom. The molecule has 0 saturated heterocycles. The summed E-state index contributed by atoms with van der Waals surface area (Å²) in [4.78, 5) is 8.95. The van der Waals surface area contributed by atoms with Crippen molar-refractivity contribution in [3.8, 4) is 0 Å². The maximum absolute atomic E-state index is 4.48. The standard InChI is InChI=1S/C20H14N2/c1-2-7-18-14-21-19(12-16(18)5-1)10-9-15-11-17-6-3-4-8-20(17)22-13-15/h1-14H/b10-9-. The molecular weight excluding hydrogens is 268 g/mol. The van der Waals surface area contributed by atoms with E-state index >= 15 is 0 Å². The average molecular weight is 282 g/mol. The van der Waals surface area contributed by atoms with E-state index in [0.29, 0.717) is 0 Å². The summed E-state index contributed by atoms with van der Waals surface area (Å²) in [6, 6.07) is 20.6. The number of nitrogens with zero attached hydrogens (tertiary/aromatic N) is 2. The molecule has 0 N–H and O–H groups in total. The van der Waals surface area contributed by atoms with E-state index in [1.165, 1.54) is 5.39 Å². The zero-order chi connectivity index (χ0) is 14.8. The molecule has 22 heavy (non-hydrogen) atoms. The maximum Gasteiger partial charge on any atom is 0.0702 e. The van der Waals surface area contributed by atoms with Crippen LogP contribution in [0.4, 0.5) is 0 Å². The highest BCUT2D eigenvalue weighted by Gasteiger charge is 1.96. The topological polar surface area (TPSA) is 25.8 Å². The van der Waals surface area contributed by atoms with Gasteiger partial charge >= 0.3 is 0 Å². The Balaban J connectivity index is 1.68. The number of rotatable bonds is 2. The molecule has 0 bridgehead atoms. The summed E-state index contributed by atoms with van der Waals surface area (Å²) in [5.41, 5.74) is 3.05. The molecule has 2 heterocycles. The lowest BCUT2D eigenvalue weighted by atomic mass is 10.1. The molecule has 0 aliphatic heterocycles. The second-order valence-electron chi connectivity index (χ2n) is 5.25. The number of para-hydroxylation sites is 1. The molecule has 0 aliphatic rings. The van der Waals surface area contributed by atoms with Crippen LogP contribution in [0.1, 0.15) is 11.3 Å². The van der Waals surface area contributed by atoms with Crippen LogP contribution in [0.3, 0.4) is 0 Å². The Morgan fingerprint density at radius 3 is 2.32 bits per heavy atom. The number of aromatic nitrogens is 2. The predicted molar refractivity (Wildman–Crippen MR) is 92.4 cm³/mol. The lowest BCUT2D eigenvalue weighted by molar-refractivity contribution is 1.33. The molecule has 4 rings (SSSR count). The Hall–Kier alpha value is -3.00. The summed E-state index contributed by atoms with van der Waals surface area (Å²) in [5.74, 6) is 0. The van der Waals surface area contributed by atoms with E-state index in [1.807, 2.05) is 48.8 Å². The number of hydrogen-bond donors (Lipinski definition) is 0. The third kappa shape index (κ3) is 2.47. The summed E-state index contributed by atoms with van der Waals surface area (Å²) in [5, 5.41) is 3.51. The Morgan fingerprint density at radius 2 is 1.41 bits per heavy atom. The fourth-order valence-electron chi connectivity index (χ4n) is 2.55. The normalized spacial score (nSPS) is 11.5. The molecule has 0 saturated carbocycles. The van der Waals surface area contributed by atoms with Crippen molar-refractivity contribution in [2.45, 2.75) is 0 Å². The Labute approximate surface area is 128 Å². The Kier molecular flexibility index (Phi) is 3.13. The van der Waals surface area contributed by atoms with Gasteiger partial charge in [-0.15, -0.1) is 0 Å². The Bertz CT molecular complexity index is 905. The van der Waals surface area contributed by atoms with Gasteiger partial charge in [-0.3, -0.25) is 9.97 Å². The molecule has 0 atom stereocenters. The van der Waals surface area contributed by atoms with Gasteiger partial charge in [0.05, 0.1) is 11.2 Å². The molecule has 2 heteroatoms. The van der Waals surface area contributed by atoms with E-state index in [4.69, 9.17) is 0 Å². The van der Waals surface area contributed by atoms with Crippen molar-refractivity contribution in [2.75, 3.05) is 0 Å². The summed E-state index contributed by atoms with van der Waals surface area (Å²) >= 11 is 0. The molecule has 0 radical (unpaired) electrons. The monoisotopic (exact) mass is 282 g/mol. The van der Waals surface area contributed by atoms with Crippen LogP contribution < -0.4 is 0 Å². The first-order chi connectivity index (χ1) is 10.9. The van der Waals surface area contributed by atoms with Gasteiger partial charge in [0.15, 0.2) is 0 Å². The highest BCUT2D eigenvalue weighted by atomic mass is 14.7. The van der Waals surface area contributed by atoms with Crippen molar-refractivity contribution in [3.63, 3.8) is 0 Å². The molecule has 0 fully saturated rings. The van der Waals surface area contributed by atoms with E-state index < -0.39 is 0 Å². The number of hydrogen-bond acceptors (Lipinski definition) is 2. The average Bonchev–Trinajstić information content (AvgIpc) is 2.59. The van der Waals surface area contributed by atoms with E-state index in [-0.39, 0.29) is 0 Å². The van der Waals surface area contributed by atoms with Crippen molar-refractivity contribution < 1.29 is 0 Å². The van der Waals surface area contributed by atoms with Crippen molar-refractivity contribution in [2.24, 2.45) is 0 Å². The largest absolute Gasteiger partial charge is 0.256 e. The molecule has 0 unspecified atom stereocenters. The van der Waals surface area contributed by atoms with Crippen LogP contribution >= 0.6 is 0 Å². The fraction of sp³-hybridized carbons (Fsp3) is 0. The first-order valence-electron chi connectivity index (χ1n) is 7.26. The first-order valence-corrected chi connectivity index (χ1v) is 7.26. The lowest BCUT2D eigenvalue weighted by Gasteiger charge is -2.00. The van der Waals surface area contributed by atoms with Crippen molar-refractivity contribution in [3.05, 3.63) is 84.3 Å². The molecule has 0 amide bonds. The second-order valence-corrected chi connectivity index (χ2v) is 5.25. The highest BCUT2D eigenvalue weighted by Crippen LogP contribution is 2.17. The van der Waals surface area contributed by atoms with Gasteiger partial charge in [0.1, 0.15) is 0 Å². The van der Waals surface area contributed by atoms with Crippen LogP contribution in [0, 0.1) is 0 Å². The molecule has 2 aromatic carbocycles. The van der Waals surface area contributed by atoms with Crippen LogP contribution in [-0.4, -0.2) is 9.97 Å². The van der Waals surface area contributed by atoms with E-state index in [2.05, 4.69) is 46.4 Å². The smallest absolute Gasteiger partial charge is 0.0702 e. The van der Waals surface area contributed by atoms with Crippen LogP contribution in [0.5, 0.6) is 0 Å². The van der Waals surface area contributed by atoms with Gasteiger partial charge in [-0.1, -0.05) is 48.5 Å². The van der Waals surface area contributed by atoms with Gasteiger partial charge in [0, 0.05) is 23.2 Å². The first kappa shape index (κ1) is 12.7. The zero-order valence-corrected chi connectivity index (χ0v) is 12.0. The SMILES string of the molecule is C(=C/c1cc2ccccc2cn1)/c1cnc2ccccc2c1.